The smallest absolute Gasteiger partial charge is 0.465 e. The Labute approximate surface area is 124 Å². The molecular formula is C16H17BFNO2. The molecule has 0 aliphatic rings. The predicted octanol–water partition coefficient (Wildman–Crippen LogP) is 1.98. The molecule has 0 aromatic heterocycles. The summed E-state index contributed by atoms with van der Waals surface area (Å²) < 4.78 is 14.5. The van der Waals surface area contributed by atoms with Crippen LogP contribution in [-0.4, -0.2) is 36.1 Å². The van der Waals surface area contributed by atoms with E-state index < -0.39 is 19.1 Å². The molecule has 3 nitrogen and oxygen atoms in total. The molecule has 5 heteroatoms. The summed E-state index contributed by atoms with van der Waals surface area (Å²) >= 11 is 0. The first-order chi connectivity index (χ1) is 10.1. The lowest BCUT2D eigenvalue weighted by Gasteiger charge is -2.26. The number of likely N-dealkylation sites (N-methyl/N-ethyl adjacent to an activating group) is 1. The van der Waals surface area contributed by atoms with Gasteiger partial charge in [0.15, 0.2) is 0 Å². The Morgan fingerprint density at radius 3 is 2.19 bits per heavy atom. The van der Waals surface area contributed by atoms with Gasteiger partial charge in [-0.25, -0.2) is 0 Å². The van der Waals surface area contributed by atoms with E-state index in [4.69, 9.17) is 0 Å². The molecule has 0 radical (unpaired) electrons. The lowest BCUT2D eigenvalue weighted by Crippen LogP contribution is -2.52. The molecule has 2 aromatic carbocycles. The molecular weight excluding hydrogens is 268 g/mol. The minimum Gasteiger partial charge on any atom is -0.480 e. The normalized spacial score (nSPS) is 12.1. The summed E-state index contributed by atoms with van der Waals surface area (Å²) in [6, 6.07) is 16.9. The molecule has 0 spiro atoms. The van der Waals surface area contributed by atoms with Crippen LogP contribution >= 0.6 is 0 Å². The fourth-order valence-corrected chi connectivity index (χ4v) is 2.25. The zero-order valence-corrected chi connectivity index (χ0v) is 11.8. The molecule has 1 atom stereocenters. The maximum atomic E-state index is 14.5. The first-order valence-electron chi connectivity index (χ1n) is 6.77. The van der Waals surface area contributed by atoms with Gasteiger partial charge >= 0.3 is 13.1 Å². The van der Waals surface area contributed by atoms with Crippen molar-refractivity contribution >= 4 is 18.6 Å². The Hall–Kier alpha value is -2.14. The summed E-state index contributed by atoms with van der Waals surface area (Å²) in [7, 11) is 0.0513. The monoisotopic (exact) mass is 285 g/mol. The van der Waals surface area contributed by atoms with Crippen LogP contribution in [0.15, 0.2) is 60.7 Å². The van der Waals surface area contributed by atoms with Crippen LogP contribution in [0.1, 0.15) is 5.56 Å². The van der Waals surface area contributed by atoms with Crippen LogP contribution in [0.3, 0.4) is 0 Å². The van der Waals surface area contributed by atoms with Crippen LogP contribution < -0.4 is 5.46 Å². The van der Waals surface area contributed by atoms with Crippen molar-refractivity contribution in [2.24, 2.45) is 0 Å². The van der Waals surface area contributed by atoms with Gasteiger partial charge in [0.05, 0.1) is 0 Å². The lowest BCUT2D eigenvalue weighted by molar-refractivity contribution is -0.141. The predicted molar refractivity (Wildman–Crippen MR) is 82.3 cm³/mol. The van der Waals surface area contributed by atoms with E-state index in [0.717, 1.165) is 5.56 Å². The molecule has 0 amide bonds. The number of hydrogen-bond acceptors (Lipinski definition) is 2. The average molecular weight is 285 g/mol. The van der Waals surface area contributed by atoms with Gasteiger partial charge in [-0.1, -0.05) is 60.7 Å². The van der Waals surface area contributed by atoms with Crippen molar-refractivity contribution in [3.05, 3.63) is 66.2 Å². The van der Waals surface area contributed by atoms with Crippen molar-refractivity contribution in [2.75, 3.05) is 7.05 Å². The van der Waals surface area contributed by atoms with E-state index in [1.54, 1.807) is 30.3 Å². The molecule has 0 saturated heterocycles. The molecule has 1 unspecified atom stereocenters. The topological polar surface area (TPSA) is 40.5 Å². The molecule has 0 fully saturated rings. The molecule has 108 valence electrons. The standard InChI is InChI=1S/C16H17BFNO2/c1-19(17(18)14-10-6-3-7-11-14)15(16(20)21)12-13-8-4-2-5-9-13/h2-11,15H,12H2,1H3,(H,20,21). The summed E-state index contributed by atoms with van der Waals surface area (Å²) in [5.41, 5.74) is 1.33. The summed E-state index contributed by atoms with van der Waals surface area (Å²) in [6.45, 7) is 0. The zero-order valence-electron chi connectivity index (χ0n) is 11.8. The second-order valence-electron chi connectivity index (χ2n) is 4.96. The Morgan fingerprint density at radius 2 is 1.67 bits per heavy atom. The van der Waals surface area contributed by atoms with Crippen molar-refractivity contribution < 1.29 is 14.2 Å². The van der Waals surface area contributed by atoms with Crippen LogP contribution in [0.4, 0.5) is 4.32 Å². The molecule has 0 aliphatic carbocycles. The van der Waals surface area contributed by atoms with E-state index in [-0.39, 0.29) is 6.42 Å². The summed E-state index contributed by atoms with van der Waals surface area (Å²) in [5, 5.41) is 9.39. The van der Waals surface area contributed by atoms with Crippen LogP contribution in [0.25, 0.3) is 0 Å². The quantitative estimate of drug-likeness (QED) is 0.825. The largest absolute Gasteiger partial charge is 0.480 e. The minimum absolute atomic E-state index is 0.264. The highest BCUT2D eigenvalue weighted by Gasteiger charge is 2.33. The van der Waals surface area contributed by atoms with E-state index in [1.165, 1.54) is 11.9 Å². The van der Waals surface area contributed by atoms with Gasteiger partial charge in [0.25, 0.3) is 0 Å². The summed E-state index contributed by atoms with van der Waals surface area (Å²) in [4.78, 5) is 12.7. The average Bonchev–Trinajstić information content (AvgIpc) is 2.53. The molecule has 1 N–H and O–H groups in total. The van der Waals surface area contributed by atoms with Crippen LogP contribution in [-0.2, 0) is 11.2 Å². The van der Waals surface area contributed by atoms with E-state index >= 15 is 0 Å². The second-order valence-corrected chi connectivity index (χ2v) is 4.96. The number of nitrogens with zero attached hydrogens (tertiary/aromatic N) is 1. The second kappa shape index (κ2) is 7.04. The Balaban J connectivity index is 2.16. The number of carboxylic acid groups (broad SMARTS) is 1. The van der Waals surface area contributed by atoms with Crippen LogP contribution in [0.5, 0.6) is 0 Å². The van der Waals surface area contributed by atoms with E-state index in [0.29, 0.717) is 5.46 Å². The maximum absolute atomic E-state index is 14.5. The first kappa shape index (κ1) is 15.3. The third-order valence-corrected chi connectivity index (χ3v) is 3.48. The highest BCUT2D eigenvalue weighted by molar-refractivity contribution is 6.64. The maximum Gasteiger partial charge on any atom is 0.465 e. The van der Waals surface area contributed by atoms with E-state index in [9.17, 15) is 14.2 Å². The van der Waals surface area contributed by atoms with Crippen LogP contribution in [0.2, 0.25) is 0 Å². The van der Waals surface area contributed by atoms with Crippen molar-refractivity contribution in [1.29, 1.82) is 0 Å². The first-order valence-corrected chi connectivity index (χ1v) is 6.77. The van der Waals surface area contributed by atoms with Gasteiger partial charge in [0.1, 0.15) is 6.04 Å². The van der Waals surface area contributed by atoms with Crippen molar-refractivity contribution in [3.63, 3.8) is 0 Å². The van der Waals surface area contributed by atoms with Gasteiger partial charge in [0, 0.05) is 0 Å². The van der Waals surface area contributed by atoms with Gasteiger partial charge in [-0.3, -0.25) is 9.61 Å². The van der Waals surface area contributed by atoms with E-state index in [1.807, 2.05) is 30.3 Å². The number of carboxylic acids is 1. The van der Waals surface area contributed by atoms with Gasteiger partial charge in [0.2, 0.25) is 0 Å². The zero-order chi connectivity index (χ0) is 15.2. The van der Waals surface area contributed by atoms with Gasteiger partial charge < -0.3 is 9.42 Å². The summed E-state index contributed by atoms with van der Waals surface area (Å²) in [6.07, 6.45) is 0.264. The molecule has 2 aromatic rings. The number of rotatable bonds is 6. The van der Waals surface area contributed by atoms with Crippen molar-refractivity contribution in [3.8, 4) is 0 Å². The van der Waals surface area contributed by atoms with Gasteiger partial charge in [-0.2, -0.15) is 0 Å². The molecule has 0 aliphatic heterocycles. The highest BCUT2D eigenvalue weighted by Crippen LogP contribution is 2.10. The molecule has 0 bridgehead atoms. The molecule has 0 heterocycles. The SMILES string of the molecule is CN(B(F)c1ccccc1)C(Cc1ccccc1)C(=O)O. The van der Waals surface area contributed by atoms with E-state index in [2.05, 4.69) is 0 Å². The molecule has 21 heavy (non-hydrogen) atoms. The van der Waals surface area contributed by atoms with Crippen molar-refractivity contribution in [1.82, 2.24) is 4.81 Å². The Kier molecular flexibility index (Phi) is 5.12. The van der Waals surface area contributed by atoms with Crippen molar-refractivity contribution in [2.45, 2.75) is 12.5 Å². The summed E-state index contributed by atoms with van der Waals surface area (Å²) in [5.74, 6) is -1.03. The number of halogens is 1. The van der Waals surface area contributed by atoms with Gasteiger partial charge in [-0.15, -0.1) is 0 Å². The fourth-order valence-electron chi connectivity index (χ4n) is 2.25. The van der Waals surface area contributed by atoms with Gasteiger partial charge in [-0.05, 0) is 24.5 Å². The third kappa shape index (κ3) is 3.92. The highest BCUT2D eigenvalue weighted by atomic mass is 19.1. The molecule has 0 saturated carbocycles. The lowest BCUT2D eigenvalue weighted by atomic mass is 9.73. The fraction of sp³-hybridized carbons (Fsp3) is 0.188. The number of benzene rings is 2. The third-order valence-electron chi connectivity index (χ3n) is 3.48. The minimum atomic E-state index is -1.45. The Bertz CT molecular complexity index is 579. The van der Waals surface area contributed by atoms with Crippen LogP contribution in [0, 0.1) is 0 Å². The number of hydrogen-bond donors (Lipinski definition) is 1. The Morgan fingerprint density at radius 1 is 1.14 bits per heavy atom. The number of aliphatic carboxylic acids is 1. The number of carbonyl (C=O) groups is 1. The molecule has 2 rings (SSSR count).